The third kappa shape index (κ3) is 4.42. The fraction of sp³-hybridized carbons (Fsp3) is 0.0909. The summed E-state index contributed by atoms with van der Waals surface area (Å²) in [6.45, 7) is 0. The molecule has 0 heterocycles. The number of hydrogen-bond donors (Lipinski definition) is 1. The molecule has 0 aliphatic carbocycles. The molecule has 14 heavy (non-hydrogen) atoms. The summed E-state index contributed by atoms with van der Waals surface area (Å²) in [6, 6.07) is 17.3. The molecule has 2 aromatic rings. The van der Waals surface area contributed by atoms with Gasteiger partial charge in [-0.3, -0.25) is 0 Å². The van der Waals surface area contributed by atoms with E-state index in [-0.39, 0.29) is 40.0 Å². The molecule has 0 radical (unpaired) electrons. The Morgan fingerprint density at radius 2 is 1.57 bits per heavy atom. The van der Waals surface area contributed by atoms with Crippen molar-refractivity contribution in [1.29, 1.82) is 0 Å². The van der Waals surface area contributed by atoms with E-state index in [1.54, 1.807) is 0 Å². The number of aliphatic hydroxyl groups is 1. The van der Waals surface area contributed by atoms with E-state index in [0.717, 1.165) is 7.11 Å². The molecule has 3 heteroatoms. The second kappa shape index (κ2) is 9.46. The normalized spacial score (nSPS) is 7.57. The third-order valence-electron chi connectivity index (χ3n) is 1.59. The first-order valence-electron chi connectivity index (χ1n) is 3.76. The molecule has 0 aliphatic heterocycles. The molecule has 0 saturated carbocycles. The molecule has 2 aromatic carbocycles. The van der Waals surface area contributed by atoms with Crippen molar-refractivity contribution in [2.24, 2.45) is 0 Å². The van der Waals surface area contributed by atoms with Gasteiger partial charge in [-0.1, -0.05) is 18.2 Å². The number of hydrogen-bond acceptors (Lipinski definition) is 1. The summed E-state index contributed by atoms with van der Waals surface area (Å²) >= 11 is 0. The molecule has 0 unspecified atom stereocenters. The average Bonchev–Trinajstić information content (AvgIpc) is 2.21. The van der Waals surface area contributed by atoms with Crippen molar-refractivity contribution in [3.05, 3.63) is 48.5 Å². The second-order valence-corrected chi connectivity index (χ2v) is 2.27. The minimum Gasteiger partial charge on any atom is -0.400 e. The van der Waals surface area contributed by atoms with Gasteiger partial charge >= 0.3 is 23.1 Å². The molecule has 1 nitrogen and oxygen atoms in total. The molecule has 0 fully saturated rings. The van der Waals surface area contributed by atoms with Crippen molar-refractivity contribution in [2.45, 2.75) is 0 Å². The van der Waals surface area contributed by atoms with E-state index < -0.39 is 0 Å². The van der Waals surface area contributed by atoms with Crippen molar-refractivity contribution in [3.63, 3.8) is 0 Å². The number of fused-ring (bicyclic) bond motifs is 1. The van der Waals surface area contributed by atoms with Gasteiger partial charge in [-0.2, -0.15) is 24.3 Å². The molecule has 1 N–H and O–H groups in total. The Morgan fingerprint density at radius 3 is 2.14 bits per heavy atom. The fourth-order valence-electron chi connectivity index (χ4n) is 1.07. The Morgan fingerprint density at radius 1 is 1.00 bits per heavy atom. The molecule has 0 saturated heterocycles. The van der Waals surface area contributed by atoms with Gasteiger partial charge in [-0.15, -0.1) is 33.8 Å². The SMILES string of the molecule is Br.CO.[Mg+2].[c-]1ccc2ccccc2c1. The third-order valence-corrected chi connectivity index (χ3v) is 1.59. The Balaban J connectivity index is 0. The number of rotatable bonds is 0. The summed E-state index contributed by atoms with van der Waals surface area (Å²) in [6.07, 6.45) is 0. The van der Waals surface area contributed by atoms with Crippen LogP contribution in [0.1, 0.15) is 0 Å². The molecule has 2 rings (SSSR count). The van der Waals surface area contributed by atoms with Crippen molar-refractivity contribution < 1.29 is 5.11 Å². The zero-order valence-corrected chi connectivity index (χ0v) is 11.2. The van der Waals surface area contributed by atoms with Crippen molar-refractivity contribution in [3.8, 4) is 0 Å². The van der Waals surface area contributed by atoms with Crippen LogP contribution in [0, 0.1) is 6.07 Å². The maximum atomic E-state index is 7.00. The Bertz CT molecular complexity index is 286. The van der Waals surface area contributed by atoms with Crippen LogP contribution >= 0.6 is 17.0 Å². The molecular formula is C11H12BrMgO+. The van der Waals surface area contributed by atoms with Gasteiger partial charge < -0.3 is 5.11 Å². The molecule has 0 atom stereocenters. The van der Waals surface area contributed by atoms with E-state index in [1.165, 1.54) is 10.8 Å². The molecule has 0 amide bonds. The first kappa shape index (κ1) is 16.3. The van der Waals surface area contributed by atoms with E-state index in [4.69, 9.17) is 5.11 Å². The number of halogens is 1. The smallest absolute Gasteiger partial charge is 0.400 e. The average molecular weight is 264 g/mol. The number of benzene rings is 2. The maximum Gasteiger partial charge on any atom is 2.00 e. The molecular weight excluding hydrogens is 252 g/mol. The number of aliphatic hydroxyl groups excluding tert-OH is 1. The summed E-state index contributed by atoms with van der Waals surface area (Å²) in [5.41, 5.74) is 0. The van der Waals surface area contributed by atoms with Crippen LogP contribution in [0.3, 0.4) is 0 Å². The fourth-order valence-corrected chi connectivity index (χ4v) is 1.07. The van der Waals surface area contributed by atoms with Crippen LogP contribution in [-0.2, 0) is 0 Å². The van der Waals surface area contributed by atoms with Crippen LogP contribution in [0.25, 0.3) is 10.8 Å². The van der Waals surface area contributed by atoms with Gasteiger partial charge in [0, 0.05) is 7.11 Å². The quantitative estimate of drug-likeness (QED) is 0.572. The van der Waals surface area contributed by atoms with Crippen LogP contribution in [-0.4, -0.2) is 35.3 Å². The predicted octanol–water partition coefficient (Wildman–Crippen LogP) is 2.45. The predicted molar refractivity (Wildman–Crippen MR) is 67.0 cm³/mol. The molecule has 0 aliphatic rings. The first-order valence-corrected chi connectivity index (χ1v) is 3.76. The second-order valence-electron chi connectivity index (χ2n) is 2.27. The minimum absolute atomic E-state index is 0. The van der Waals surface area contributed by atoms with E-state index >= 15 is 0 Å². The minimum atomic E-state index is 0. The zero-order valence-electron chi connectivity index (χ0n) is 8.10. The molecule has 0 spiro atoms. The maximum absolute atomic E-state index is 7.00. The monoisotopic (exact) mass is 263 g/mol. The van der Waals surface area contributed by atoms with Crippen molar-refractivity contribution in [2.75, 3.05) is 7.11 Å². The Labute approximate surface area is 111 Å². The van der Waals surface area contributed by atoms with Crippen molar-refractivity contribution in [1.82, 2.24) is 0 Å². The summed E-state index contributed by atoms with van der Waals surface area (Å²) in [4.78, 5) is 0. The topological polar surface area (TPSA) is 20.2 Å². The molecule has 0 bridgehead atoms. The molecule has 70 valence electrons. The van der Waals surface area contributed by atoms with E-state index in [2.05, 4.69) is 24.3 Å². The van der Waals surface area contributed by atoms with E-state index in [9.17, 15) is 0 Å². The Hall–Kier alpha value is -0.0938. The van der Waals surface area contributed by atoms with Crippen LogP contribution in [0.2, 0.25) is 0 Å². The van der Waals surface area contributed by atoms with Gasteiger partial charge in [0.05, 0.1) is 0 Å². The van der Waals surface area contributed by atoms with E-state index in [1.807, 2.05) is 24.3 Å². The summed E-state index contributed by atoms with van der Waals surface area (Å²) in [5, 5.41) is 9.53. The Kier molecular flexibility index (Phi) is 11.0. The van der Waals surface area contributed by atoms with Crippen LogP contribution in [0.5, 0.6) is 0 Å². The van der Waals surface area contributed by atoms with Gasteiger partial charge in [-0.05, 0) is 0 Å². The summed E-state index contributed by atoms with van der Waals surface area (Å²) < 4.78 is 0. The van der Waals surface area contributed by atoms with Crippen LogP contribution in [0.4, 0.5) is 0 Å². The van der Waals surface area contributed by atoms with Gasteiger partial charge in [0.2, 0.25) is 0 Å². The molecule has 0 aromatic heterocycles. The van der Waals surface area contributed by atoms with Gasteiger partial charge in [-0.25, -0.2) is 0 Å². The van der Waals surface area contributed by atoms with Crippen molar-refractivity contribution >= 4 is 50.8 Å². The van der Waals surface area contributed by atoms with Gasteiger partial charge in [0.15, 0.2) is 0 Å². The zero-order chi connectivity index (χ0) is 8.81. The largest absolute Gasteiger partial charge is 2.00 e. The summed E-state index contributed by atoms with van der Waals surface area (Å²) in [7, 11) is 1.00. The van der Waals surface area contributed by atoms with Gasteiger partial charge in [0.25, 0.3) is 0 Å². The van der Waals surface area contributed by atoms with Crippen LogP contribution < -0.4 is 0 Å². The summed E-state index contributed by atoms with van der Waals surface area (Å²) in [5.74, 6) is 0. The van der Waals surface area contributed by atoms with Gasteiger partial charge in [0.1, 0.15) is 0 Å². The standard InChI is InChI=1S/C10H7.CH4O.BrH.Mg/c1-2-6-10-8-4-3-7-9(10)5-1;1-2;;/h1-3,5-8H;2H,1H3;1H;/q-1;;;+2. The van der Waals surface area contributed by atoms with Crippen LogP contribution in [0.15, 0.2) is 42.5 Å². The van der Waals surface area contributed by atoms with E-state index in [0.29, 0.717) is 0 Å². The first-order chi connectivity index (χ1) is 5.97.